The summed E-state index contributed by atoms with van der Waals surface area (Å²) in [5, 5.41) is 0. The topological polar surface area (TPSA) is 63.2 Å². The molecule has 2 heterocycles. The summed E-state index contributed by atoms with van der Waals surface area (Å²) in [6, 6.07) is 7.34. The van der Waals surface area contributed by atoms with Crippen LogP contribution in [0.2, 0.25) is 0 Å². The number of ether oxygens (including phenoxy) is 5. The van der Waals surface area contributed by atoms with E-state index in [4.69, 9.17) is 23.7 Å². The SMILES string of the molecule is Cc1ccc(C(=O)O[C@@H]2CO[C@H]3[C@@H]2OC[C@@H]3OCOC2CCC(C)CC2)cc1. The van der Waals surface area contributed by atoms with E-state index in [1.54, 1.807) is 12.1 Å². The third-order valence-corrected chi connectivity index (χ3v) is 6.06. The number of hydrogen-bond acceptors (Lipinski definition) is 6. The number of benzene rings is 1. The second kappa shape index (κ2) is 8.91. The molecule has 154 valence electrons. The van der Waals surface area contributed by atoms with Gasteiger partial charge in [0.05, 0.1) is 24.9 Å². The Kier molecular flexibility index (Phi) is 6.31. The second-order valence-corrected chi connectivity index (χ2v) is 8.28. The van der Waals surface area contributed by atoms with Gasteiger partial charge in [0, 0.05) is 0 Å². The third-order valence-electron chi connectivity index (χ3n) is 6.06. The van der Waals surface area contributed by atoms with Crippen molar-refractivity contribution in [3.8, 4) is 0 Å². The van der Waals surface area contributed by atoms with Crippen LogP contribution >= 0.6 is 0 Å². The second-order valence-electron chi connectivity index (χ2n) is 8.28. The van der Waals surface area contributed by atoms with E-state index in [1.807, 2.05) is 19.1 Å². The standard InChI is InChI=1S/C22H30O6/c1-14-3-7-16(8-4-14)22(23)28-19-12-25-20-18(11-24-21(19)20)27-13-26-17-9-5-15(2)6-10-17/h3-4,7-8,15,17-21H,5-6,9-13H2,1-2H3/t15?,17?,18-,19+,20+,21+/m0/s1. The summed E-state index contributed by atoms with van der Waals surface area (Å²) < 4.78 is 29.1. The summed E-state index contributed by atoms with van der Waals surface area (Å²) in [6.45, 7) is 5.29. The van der Waals surface area contributed by atoms with Crippen molar-refractivity contribution in [2.24, 2.45) is 5.92 Å². The van der Waals surface area contributed by atoms with Gasteiger partial charge in [-0.1, -0.05) is 24.6 Å². The lowest BCUT2D eigenvalue weighted by molar-refractivity contribution is -0.146. The molecule has 2 saturated heterocycles. The van der Waals surface area contributed by atoms with E-state index < -0.39 is 6.10 Å². The molecule has 1 aliphatic carbocycles. The van der Waals surface area contributed by atoms with Crippen LogP contribution < -0.4 is 0 Å². The zero-order valence-corrected chi connectivity index (χ0v) is 16.7. The molecule has 0 aromatic heterocycles. The van der Waals surface area contributed by atoms with Crippen molar-refractivity contribution >= 4 is 5.97 Å². The average molecular weight is 390 g/mol. The molecule has 4 atom stereocenters. The summed E-state index contributed by atoms with van der Waals surface area (Å²) in [6.07, 6.45) is 3.85. The number of carbonyl (C=O) groups excluding carboxylic acids is 1. The van der Waals surface area contributed by atoms with E-state index in [0.717, 1.165) is 24.3 Å². The normalized spacial score (nSPS) is 34.9. The molecule has 0 spiro atoms. The average Bonchev–Trinajstić information content (AvgIpc) is 3.27. The molecule has 3 fully saturated rings. The van der Waals surface area contributed by atoms with E-state index >= 15 is 0 Å². The van der Waals surface area contributed by atoms with Crippen molar-refractivity contribution in [2.45, 2.75) is 70.1 Å². The summed E-state index contributed by atoms with van der Waals surface area (Å²) in [5.41, 5.74) is 1.64. The van der Waals surface area contributed by atoms with Gasteiger partial charge in [-0.2, -0.15) is 0 Å². The number of aryl methyl sites for hydroxylation is 1. The summed E-state index contributed by atoms with van der Waals surface area (Å²) >= 11 is 0. The summed E-state index contributed by atoms with van der Waals surface area (Å²) in [5.74, 6) is 0.452. The van der Waals surface area contributed by atoms with Gasteiger partial charge in [0.15, 0.2) is 6.10 Å². The van der Waals surface area contributed by atoms with Gasteiger partial charge in [0.2, 0.25) is 0 Å². The fourth-order valence-electron chi connectivity index (χ4n) is 4.19. The molecule has 6 nitrogen and oxygen atoms in total. The van der Waals surface area contributed by atoms with Gasteiger partial charge in [0.1, 0.15) is 25.1 Å². The molecule has 0 radical (unpaired) electrons. The fraction of sp³-hybridized carbons (Fsp3) is 0.682. The molecule has 1 aromatic rings. The first-order valence-corrected chi connectivity index (χ1v) is 10.3. The highest BCUT2D eigenvalue weighted by atomic mass is 16.7. The fourth-order valence-corrected chi connectivity index (χ4v) is 4.19. The quantitative estimate of drug-likeness (QED) is 0.549. The summed E-state index contributed by atoms with van der Waals surface area (Å²) in [7, 11) is 0. The van der Waals surface area contributed by atoms with Crippen LogP contribution in [0.5, 0.6) is 0 Å². The van der Waals surface area contributed by atoms with Crippen LogP contribution in [0.15, 0.2) is 24.3 Å². The van der Waals surface area contributed by atoms with E-state index in [9.17, 15) is 4.79 Å². The maximum absolute atomic E-state index is 12.4. The highest BCUT2D eigenvalue weighted by molar-refractivity contribution is 5.89. The van der Waals surface area contributed by atoms with Crippen molar-refractivity contribution in [3.63, 3.8) is 0 Å². The van der Waals surface area contributed by atoms with E-state index in [-0.39, 0.29) is 31.1 Å². The molecule has 0 amide bonds. The van der Waals surface area contributed by atoms with Crippen molar-refractivity contribution in [3.05, 3.63) is 35.4 Å². The Morgan fingerprint density at radius 3 is 2.32 bits per heavy atom. The molecule has 2 aliphatic heterocycles. The van der Waals surface area contributed by atoms with Gasteiger partial charge in [-0.05, 0) is 50.7 Å². The van der Waals surface area contributed by atoms with Crippen LogP contribution in [0.25, 0.3) is 0 Å². The maximum Gasteiger partial charge on any atom is 0.338 e. The molecule has 0 N–H and O–H groups in total. The molecule has 3 aliphatic rings. The molecule has 0 unspecified atom stereocenters. The maximum atomic E-state index is 12.4. The summed E-state index contributed by atoms with van der Waals surface area (Å²) in [4.78, 5) is 12.4. The van der Waals surface area contributed by atoms with Crippen LogP contribution in [-0.4, -0.2) is 56.5 Å². The predicted octanol–water partition coefficient (Wildman–Crippen LogP) is 3.26. The minimum absolute atomic E-state index is 0.185. The lowest BCUT2D eigenvalue weighted by atomic mass is 9.89. The van der Waals surface area contributed by atoms with Crippen LogP contribution in [-0.2, 0) is 23.7 Å². The first kappa shape index (κ1) is 19.8. The van der Waals surface area contributed by atoms with E-state index in [2.05, 4.69) is 6.92 Å². The van der Waals surface area contributed by atoms with Crippen LogP contribution in [0.4, 0.5) is 0 Å². The molecule has 0 bridgehead atoms. The molecule has 1 saturated carbocycles. The van der Waals surface area contributed by atoms with Gasteiger partial charge >= 0.3 is 5.97 Å². The van der Waals surface area contributed by atoms with Crippen molar-refractivity contribution < 1.29 is 28.5 Å². The largest absolute Gasteiger partial charge is 0.453 e. The number of carbonyl (C=O) groups is 1. The van der Waals surface area contributed by atoms with Crippen molar-refractivity contribution in [2.75, 3.05) is 20.0 Å². The molecular formula is C22H30O6. The molecule has 4 rings (SSSR count). The van der Waals surface area contributed by atoms with Gasteiger partial charge < -0.3 is 23.7 Å². The molecular weight excluding hydrogens is 360 g/mol. The number of fused-ring (bicyclic) bond motifs is 1. The Bertz CT molecular complexity index is 651. The first-order valence-electron chi connectivity index (χ1n) is 10.3. The third kappa shape index (κ3) is 4.57. The predicted molar refractivity (Wildman–Crippen MR) is 102 cm³/mol. The first-order chi connectivity index (χ1) is 13.6. The van der Waals surface area contributed by atoms with Crippen molar-refractivity contribution in [1.82, 2.24) is 0 Å². The minimum atomic E-state index is -0.409. The van der Waals surface area contributed by atoms with Gasteiger partial charge in [-0.15, -0.1) is 0 Å². The Hall–Kier alpha value is -1.47. The van der Waals surface area contributed by atoms with Crippen molar-refractivity contribution in [1.29, 1.82) is 0 Å². The molecule has 28 heavy (non-hydrogen) atoms. The van der Waals surface area contributed by atoms with Gasteiger partial charge in [-0.3, -0.25) is 0 Å². The number of rotatable bonds is 6. The smallest absolute Gasteiger partial charge is 0.338 e. The van der Waals surface area contributed by atoms with Crippen LogP contribution in [0.1, 0.15) is 48.5 Å². The van der Waals surface area contributed by atoms with E-state index in [0.29, 0.717) is 24.9 Å². The lowest BCUT2D eigenvalue weighted by Crippen LogP contribution is -2.35. The highest BCUT2D eigenvalue weighted by Gasteiger charge is 2.50. The minimum Gasteiger partial charge on any atom is -0.453 e. The van der Waals surface area contributed by atoms with Gasteiger partial charge in [-0.25, -0.2) is 4.79 Å². The lowest BCUT2D eigenvalue weighted by Gasteiger charge is -2.27. The Morgan fingerprint density at radius 2 is 1.61 bits per heavy atom. The Morgan fingerprint density at radius 1 is 0.964 bits per heavy atom. The van der Waals surface area contributed by atoms with Gasteiger partial charge in [0.25, 0.3) is 0 Å². The molecule has 6 heteroatoms. The number of hydrogen-bond donors (Lipinski definition) is 0. The number of esters is 1. The monoisotopic (exact) mass is 390 g/mol. The Balaban J connectivity index is 1.23. The van der Waals surface area contributed by atoms with E-state index in [1.165, 1.54) is 12.8 Å². The zero-order chi connectivity index (χ0) is 19.5. The Labute approximate surface area is 166 Å². The molecule has 1 aromatic carbocycles. The highest BCUT2D eigenvalue weighted by Crippen LogP contribution is 2.31. The van der Waals surface area contributed by atoms with Crippen LogP contribution in [0, 0.1) is 12.8 Å². The van der Waals surface area contributed by atoms with Crippen LogP contribution in [0.3, 0.4) is 0 Å². The zero-order valence-electron chi connectivity index (χ0n) is 16.7.